The predicted octanol–water partition coefficient (Wildman–Crippen LogP) is 0.569. The molecule has 7 heteroatoms. The Morgan fingerprint density at radius 1 is 1.17 bits per heavy atom. The fraction of sp³-hybridized carbons (Fsp3) is 0.500. The van der Waals surface area contributed by atoms with E-state index in [-0.39, 0.29) is 18.2 Å². The average Bonchev–Trinajstić information content (AvgIpc) is 2.60. The summed E-state index contributed by atoms with van der Waals surface area (Å²) >= 11 is 0. The van der Waals surface area contributed by atoms with Crippen molar-refractivity contribution in [1.82, 2.24) is 10.2 Å². The van der Waals surface area contributed by atoms with E-state index in [0.29, 0.717) is 44.3 Å². The first-order valence-corrected chi connectivity index (χ1v) is 7.47. The van der Waals surface area contributed by atoms with E-state index in [2.05, 4.69) is 5.32 Å². The number of rotatable bonds is 6. The molecule has 1 aliphatic heterocycles. The van der Waals surface area contributed by atoms with Gasteiger partial charge in [-0.25, -0.2) is 0 Å². The van der Waals surface area contributed by atoms with E-state index < -0.39 is 0 Å². The third kappa shape index (κ3) is 4.85. The fourth-order valence-corrected chi connectivity index (χ4v) is 2.32. The first-order chi connectivity index (χ1) is 11.1. The maximum atomic E-state index is 12.0. The molecule has 23 heavy (non-hydrogen) atoms. The van der Waals surface area contributed by atoms with Gasteiger partial charge in [0.2, 0.25) is 11.8 Å². The number of nitrogens with one attached hydrogen (secondary N) is 1. The summed E-state index contributed by atoms with van der Waals surface area (Å²) in [5.74, 6) is 0.767. The van der Waals surface area contributed by atoms with Gasteiger partial charge in [-0.15, -0.1) is 0 Å². The van der Waals surface area contributed by atoms with Gasteiger partial charge in [0.15, 0.2) is 11.5 Å². The second-order valence-corrected chi connectivity index (χ2v) is 5.14. The molecule has 1 saturated heterocycles. The van der Waals surface area contributed by atoms with Crippen molar-refractivity contribution in [3.63, 3.8) is 0 Å². The molecule has 0 unspecified atom stereocenters. The Balaban J connectivity index is 1.83. The number of hydrogen-bond donors (Lipinski definition) is 1. The molecule has 0 radical (unpaired) electrons. The largest absolute Gasteiger partial charge is 0.493 e. The van der Waals surface area contributed by atoms with Crippen molar-refractivity contribution in [2.75, 3.05) is 40.5 Å². The zero-order valence-electron chi connectivity index (χ0n) is 13.5. The molecule has 1 fully saturated rings. The van der Waals surface area contributed by atoms with Crippen LogP contribution in [0.4, 0.5) is 0 Å². The van der Waals surface area contributed by atoms with Gasteiger partial charge < -0.3 is 24.4 Å². The van der Waals surface area contributed by atoms with E-state index in [0.717, 1.165) is 5.56 Å². The van der Waals surface area contributed by atoms with E-state index in [9.17, 15) is 9.59 Å². The molecule has 1 aromatic rings. The van der Waals surface area contributed by atoms with Crippen LogP contribution in [0.5, 0.6) is 11.5 Å². The molecular weight excluding hydrogens is 300 g/mol. The molecule has 1 N–H and O–H groups in total. The topological polar surface area (TPSA) is 77.1 Å². The molecule has 2 amide bonds. The minimum atomic E-state index is -0.295. The lowest BCUT2D eigenvalue weighted by Crippen LogP contribution is -2.42. The molecule has 1 aliphatic rings. The number of amides is 2. The summed E-state index contributed by atoms with van der Waals surface area (Å²) in [6, 6.07) is 5.41. The monoisotopic (exact) mass is 322 g/mol. The quantitative estimate of drug-likeness (QED) is 0.775. The maximum absolute atomic E-state index is 12.0. The van der Waals surface area contributed by atoms with E-state index in [1.165, 1.54) is 0 Å². The molecule has 0 atom stereocenters. The molecular formula is C16H22N2O5. The summed E-state index contributed by atoms with van der Waals surface area (Å²) in [4.78, 5) is 25.5. The Morgan fingerprint density at radius 2 is 1.87 bits per heavy atom. The lowest BCUT2D eigenvalue weighted by molar-refractivity contribution is -0.139. The summed E-state index contributed by atoms with van der Waals surface area (Å²) < 4.78 is 15.6. The van der Waals surface area contributed by atoms with Crippen LogP contribution in [0, 0.1) is 0 Å². The summed E-state index contributed by atoms with van der Waals surface area (Å²) in [6.45, 7) is 2.47. The number of ether oxygens (including phenoxy) is 3. The molecule has 0 spiro atoms. The molecule has 0 aromatic heterocycles. The zero-order valence-corrected chi connectivity index (χ0v) is 13.5. The minimum absolute atomic E-state index is 0.146. The highest BCUT2D eigenvalue weighted by atomic mass is 16.5. The Hall–Kier alpha value is -2.28. The highest BCUT2D eigenvalue weighted by molar-refractivity contribution is 5.96. The van der Waals surface area contributed by atoms with Crippen LogP contribution in [0.15, 0.2) is 18.2 Å². The van der Waals surface area contributed by atoms with Crippen LogP contribution in [-0.4, -0.2) is 57.2 Å². The second kappa shape index (κ2) is 8.38. The lowest BCUT2D eigenvalue weighted by atomic mass is 10.2. The van der Waals surface area contributed by atoms with Crippen LogP contribution >= 0.6 is 0 Å². The van der Waals surface area contributed by atoms with Crippen molar-refractivity contribution in [2.24, 2.45) is 0 Å². The van der Waals surface area contributed by atoms with Crippen molar-refractivity contribution in [3.8, 4) is 11.5 Å². The maximum Gasteiger partial charge on any atom is 0.232 e. The summed E-state index contributed by atoms with van der Waals surface area (Å²) in [5.41, 5.74) is 0.870. The molecule has 2 rings (SSSR count). The first-order valence-electron chi connectivity index (χ1n) is 7.47. The van der Waals surface area contributed by atoms with E-state index in [4.69, 9.17) is 14.2 Å². The van der Waals surface area contributed by atoms with Gasteiger partial charge >= 0.3 is 0 Å². The average molecular weight is 322 g/mol. The summed E-state index contributed by atoms with van der Waals surface area (Å²) in [6.07, 6.45) is -0.146. The Labute approximate surface area is 135 Å². The van der Waals surface area contributed by atoms with E-state index >= 15 is 0 Å². The fourth-order valence-electron chi connectivity index (χ4n) is 2.32. The van der Waals surface area contributed by atoms with Gasteiger partial charge in [-0.2, -0.15) is 0 Å². The lowest BCUT2D eigenvalue weighted by Gasteiger charge is -2.26. The van der Waals surface area contributed by atoms with Gasteiger partial charge in [0.25, 0.3) is 0 Å². The number of benzene rings is 1. The molecule has 0 bridgehead atoms. The molecule has 0 aliphatic carbocycles. The van der Waals surface area contributed by atoms with Gasteiger partial charge in [0, 0.05) is 19.6 Å². The number of carbonyl (C=O) groups is 2. The van der Waals surface area contributed by atoms with Gasteiger partial charge in [0.05, 0.1) is 27.4 Å². The van der Waals surface area contributed by atoms with Crippen LogP contribution in [0.1, 0.15) is 12.0 Å². The van der Waals surface area contributed by atoms with E-state index in [1.54, 1.807) is 31.3 Å². The number of methoxy groups -OCH3 is 2. The van der Waals surface area contributed by atoms with Crippen molar-refractivity contribution in [2.45, 2.75) is 13.0 Å². The van der Waals surface area contributed by atoms with Crippen molar-refractivity contribution in [3.05, 3.63) is 23.8 Å². The third-order valence-corrected chi connectivity index (χ3v) is 3.61. The Morgan fingerprint density at radius 3 is 2.52 bits per heavy atom. The van der Waals surface area contributed by atoms with Gasteiger partial charge in [-0.1, -0.05) is 6.07 Å². The van der Waals surface area contributed by atoms with Crippen LogP contribution in [0.2, 0.25) is 0 Å². The normalized spacial score (nSPS) is 14.3. The molecule has 1 heterocycles. The number of morpholine rings is 1. The summed E-state index contributed by atoms with van der Waals surface area (Å²) in [5, 5.41) is 2.74. The highest BCUT2D eigenvalue weighted by Gasteiger charge is 2.19. The van der Waals surface area contributed by atoms with Gasteiger partial charge in [0.1, 0.15) is 6.42 Å². The van der Waals surface area contributed by atoms with Crippen molar-refractivity contribution >= 4 is 11.8 Å². The van der Waals surface area contributed by atoms with Crippen molar-refractivity contribution < 1.29 is 23.8 Å². The first kappa shape index (κ1) is 17.1. The van der Waals surface area contributed by atoms with Crippen LogP contribution in [0.3, 0.4) is 0 Å². The third-order valence-electron chi connectivity index (χ3n) is 3.61. The summed E-state index contributed by atoms with van der Waals surface area (Å²) in [7, 11) is 3.12. The van der Waals surface area contributed by atoms with Crippen molar-refractivity contribution in [1.29, 1.82) is 0 Å². The number of nitrogens with zero attached hydrogens (tertiary/aromatic N) is 1. The van der Waals surface area contributed by atoms with E-state index in [1.807, 2.05) is 6.07 Å². The molecule has 0 saturated carbocycles. The number of carbonyl (C=O) groups excluding carboxylic acids is 2. The Kier molecular flexibility index (Phi) is 6.22. The zero-order chi connectivity index (χ0) is 16.7. The highest BCUT2D eigenvalue weighted by Crippen LogP contribution is 2.27. The van der Waals surface area contributed by atoms with Crippen LogP contribution in [0.25, 0.3) is 0 Å². The van der Waals surface area contributed by atoms with Crippen LogP contribution < -0.4 is 14.8 Å². The standard InChI is InChI=1S/C16H22N2O5/c1-21-13-4-3-12(9-14(13)22-2)11-17-15(19)10-16(20)18-5-7-23-8-6-18/h3-4,9H,5-8,10-11H2,1-2H3,(H,17,19). The predicted molar refractivity (Wildman–Crippen MR) is 83.4 cm³/mol. The molecule has 126 valence electrons. The SMILES string of the molecule is COc1ccc(CNC(=O)CC(=O)N2CCOCC2)cc1OC. The minimum Gasteiger partial charge on any atom is -0.493 e. The van der Waals surface area contributed by atoms with Gasteiger partial charge in [-0.3, -0.25) is 9.59 Å². The Bertz CT molecular complexity index is 555. The van der Waals surface area contributed by atoms with Gasteiger partial charge in [-0.05, 0) is 17.7 Å². The molecule has 7 nitrogen and oxygen atoms in total. The van der Waals surface area contributed by atoms with Crippen LogP contribution in [-0.2, 0) is 20.9 Å². The smallest absolute Gasteiger partial charge is 0.232 e. The molecule has 1 aromatic carbocycles. The second-order valence-electron chi connectivity index (χ2n) is 5.14. The number of hydrogen-bond acceptors (Lipinski definition) is 5.